The summed E-state index contributed by atoms with van der Waals surface area (Å²) in [6, 6.07) is 7.00. The maximum Gasteiger partial charge on any atom is 0.308 e. The van der Waals surface area contributed by atoms with Crippen LogP contribution in [0.25, 0.3) is 10.9 Å². The quantitative estimate of drug-likeness (QED) is 0.814. The first kappa shape index (κ1) is 15.7. The van der Waals surface area contributed by atoms with Crippen LogP contribution in [0.5, 0.6) is 0 Å². The van der Waals surface area contributed by atoms with E-state index in [1.54, 1.807) is 24.3 Å². The first-order valence-corrected chi connectivity index (χ1v) is 6.92. The number of benzene rings is 1. The average Bonchev–Trinajstić information content (AvgIpc) is 2.52. The Hall–Kier alpha value is -2.70. The highest BCUT2D eigenvalue weighted by Crippen LogP contribution is 2.04. The Morgan fingerprint density at radius 2 is 2.09 bits per heavy atom. The number of aliphatic carboxylic acids is 1. The number of nitrogens with one attached hydrogen (secondary N) is 1. The molecule has 0 aliphatic carbocycles. The number of fused-ring (bicyclic) bond motifs is 1. The summed E-state index contributed by atoms with van der Waals surface area (Å²) in [6.45, 7) is 1.78. The molecule has 1 heterocycles. The third kappa shape index (κ3) is 3.69. The Labute approximate surface area is 126 Å². The highest BCUT2D eigenvalue weighted by molar-refractivity contribution is 5.78. The van der Waals surface area contributed by atoms with Gasteiger partial charge in [-0.25, -0.2) is 4.98 Å². The molecule has 7 heteroatoms. The van der Waals surface area contributed by atoms with Crippen LogP contribution < -0.4 is 10.9 Å². The molecule has 1 atom stereocenters. The molecule has 1 amide bonds. The van der Waals surface area contributed by atoms with Crippen LogP contribution in [0.4, 0.5) is 0 Å². The van der Waals surface area contributed by atoms with E-state index >= 15 is 0 Å². The number of rotatable bonds is 6. The summed E-state index contributed by atoms with van der Waals surface area (Å²) in [5.41, 5.74) is 0.417. The number of hydrogen-bond acceptors (Lipinski definition) is 4. The molecule has 7 nitrogen and oxygen atoms in total. The van der Waals surface area contributed by atoms with Crippen molar-refractivity contribution < 1.29 is 14.7 Å². The van der Waals surface area contributed by atoms with Crippen LogP contribution >= 0.6 is 0 Å². The maximum atomic E-state index is 12.2. The lowest BCUT2D eigenvalue weighted by Crippen LogP contribution is -2.32. The fraction of sp³-hybridized carbons (Fsp3) is 0.333. The molecule has 2 rings (SSSR count). The van der Waals surface area contributed by atoms with E-state index in [1.807, 2.05) is 0 Å². The van der Waals surface area contributed by atoms with Crippen molar-refractivity contribution in [3.63, 3.8) is 0 Å². The Morgan fingerprint density at radius 3 is 2.82 bits per heavy atom. The molecule has 2 aromatic rings. The Bertz CT molecular complexity index is 754. The first-order valence-electron chi connectivity index (χ1n) is 6.92. The highest BCUT2D eigenvalue weighted by Gasteiger charge is 2.12. The summed E-state index contributed by atoms with van der Waals surface area (Å²) in [4.78, 5) is 38.7. The molecule has 0 fully saturated rings. The maximum absolute atomic E-state index is 12.2. The van der Waals surface area contributed by atoms with Gasteiger partial charge in [0.25, 0.3) is 5.56 Å². The summed E-state index contributed by atoms with van der Waals surface area (Å²) >= 11 is 0. The summed E-state index contributed by atoms with van der Waals surface area (Å²) in [7, 11) is 0. The zero-order chi connectivity index (χ0) is 16.1. The van der Waals surface area contributed by atoms with Crippen LogP contribution in [-0.4, -0.2) is 33.1 Å². The monoisotopic (exact) mass is 303 g/mol. The lowest BCUT2D eigenvalue weighted by molar-refractivity contribution is -0.141. The molecule has 0 aliphatic rings. The number of aryl methyl sites for hydroxylation is 1. The van der Waals surface area contributed by atoms with E-state index in [2.05, 4.69) is 10.3 Å². The van der Waals surface area contributed by atoms with Crippen molar-refractivity contribution in [1.82, 2.24) is 14.9 Å². The van der Waals surface area contributed by atoms with Crippen LogP contribution in [-0.2, 0) is 16.1 Å². The summed E-state index contributed by atoms with van der Waals surface area (Å²) in [5, 5.41) is 11.8. The number of carboxylic acid groups (broad SMARTS) is 1. The van der Waals surface area contributed by atoms with Crippen LogP contribution in [0.15, 0.2) is 35.4 Å². The van der Waals surface area contributed by atoms with Gasteiger partial charge in [0.05, 0.1) is 23.1 Å². The van der Waals surface area contributed by atoms with Crippen molar-refractivity contribution in [2.24, 2.45) is 5.92 Å². The molecule has 22 heavy (non-hydrogen) atoms. The smallest absolute Gasteiger partial charge is 0.308 e. The van der Waals surface area contributed by atoms with Gasteiger partial charge in [0.15, 0.2) is 0 Å². The van der Waals surface area contributed by atoms with E-state index in [1.165, 1.54) is 17.8 Å². The van der Waals surface area contributed by atoms with Crippen LogP contribution in [0, 0.1) is 5.92 Å². The summed E-state index contributed by atoms with van der Waals surface area (Å²) < 4.78 is 1.38. The van der Waals surface area contributed by atoms with Gasteiger partial charge in [-0.15, -0.1) is 0 Å². The molecule has 0 saturated carbocycles. The molecular weight excluding hydrogens is 286 g/mol. The molecule has 1 aromatic heterocycles. The Morgan fingerprint density at radius 1 is 1.36 bits per heavy atom. The van der Waals surface area contributed by atoms with Gasteiger partial charge in [0.2, 0.25) is 5.91 Å². The number of para-hydroxylation sites is 1. The van der Waals surface area contributed by atoms with Crippen molar-refractivity contribution in [3.05, 3.63) is 40.9 Å². The molecule has 116 valence electrons. The lowest BCUT2D eigenvalue weighted by Gasteiger charge is -2.09. The summed E-state index contributed by atoms with van der Waals surface area (Å²) in [6.07, 6.45) is 1.50. The van der Waals surface area contributed by atoms with Crippen LogP contribution in [0.2, 0.25) is 0 Å². The largest absolute Gasteiger partial charge is 0.481 e. The standard InChI is InChI=1S/C15H17N3O4/c1-10(15(21)22)8-16-13(19)6-7-18-9-17-12-5-3-2-4-11(12)14(18)20/h2-5,9-10H,6-8H2,1H3,(H,16,19)(H,21,22). The molecular formula is C15H17N3O4. The van der Waals surface area contributed by atoms with Gasteiger partial charge in [-0.1, -0.05) is 19.1 Å². The Balaban J connectivity index is 1.97. The van der Waals surface area contributed by atoms with Crippen molar-refractivity contribution in [1.29, 1.82) is 0 Å². The predicted molar refractivity (Wildman–Crippen MR) is 80.4 cm³/mol. The van der Waals surface area contributed by atoms with E-state index in [4.69, 9.17) is 5.11 Å². The van der Waals surface area contributed by atoms with Crippen LogP contribution in [0.1, 0.15) is 13.3 Å². The van der Waals surface area contributed by atoms with Crippen LogP contribution in [0.3, 0.4) is 0 Å². The SMILES string of the molecule is CC(CNC(=O)CCn1cnc2ccccc2c1=O)C(=O)O. The van der Waals surface area contributed by atoms with Crippen molar-refractivity contribution >= 4 is 22.8 Å². The number of hydrogen-bond donors (Lipinski definition) is 2. The van der Waals surface area contributed by atoms with Gasteiger partial charge in [-0.05, 0) is 12.1 Å². The van der Waals surface area contributed by atoms with Gasteiger partial charge in [0, 0.05) is 19.5 Å². The molecule has 1 aromatic carbocycles. The molecule has 0 saturated heterocycles. The van der Waals surface area contributed by atoms with E-state index in [-0.39, 0.29) is 31.0 Å². The zero-order valence-electron chi connectivity index (χ0n) is 12.2. The molecule has 1 unspecified atom stereocenters. The van der Waals surface area contributed by atoms with E-state index in [9.17, 15) is 14.4 Å². The summed E-state index contributed by atoms with van der Waals surface area (Å²) in [5.74, 6) is -1.91. The van der Waals surface area contributed by atoms with E-state index in [0.717, 1.165) is 0 Å². The zero-order valence-corrected chi connectivity index (χ0v) is 12.2. The van der Waals surface area contributed by atoms with Gasteiger partial charge in [-0.3, -0.25) is 19.0 Å². The molecule has 0 aliphatic heterocycles. The number of carbonyl (C=O) groups excluding carboxylic acids is 1. The topological polar surface area (TPSA) is 101 Å². The van der Waals surface area contributed by atoms with Gasteiger partial charge in [-0.2, -0.15) is 0 Å². The molecule has 0 radical (unpaired) electrons. The number of carbonyl (C=O) groups is 2. The second kappa shape index (κ2) is 6.84. The van der Waals surface area contributed by atoms with Crippen molar-refractivity contribution in [2.75, 3.05) is 6.54 Å². The second-order valence-corrected chi connectivity index (χ2v) is 5.05. The number of amides is 1. The lowest BCUT2D eigenvalue weighted by atomic mass is 10.2. The third-order valence-corrected chi connectivity index (χ3v) is 3.34. The number of carboxylic acids is 1. The van der Waals surface area contributed by atoms with E-state index in [0.29, 0.717) is 10.9 Å². The average molecular weight is 303 g/mol. The Kier molecular flexibility index (Phi) is 4.88. The van der Waals surface area contributed by atoms with E-state index < -0.39 is 11.9 Å². The molecule has 2 N–H and O–H groups in total. The fourth-order valence-corrected chi connectivity index (χ4v) is 1.93. The van der Waals surface area contributed by atoms with Crippen molar-refractivity contribution in [3.8, 4) is 0 Å². The minimum atomic E-state index is -0.963. The normalized spacial score (nSPS) is 12.0. The predicted octanol–water partition coefficient (Wildman–Crippen LogP) is 0.623. The molecule has 0 spiro atoms. The van der Waals surface area contributed by atoms with Crippen molar-refractivity contribution in [2.45, 2.75) is 19.9 Å². The minimum absolute atomic E-state index is 0.0685. The first-order chi connectivity index (χ1) is 10.5. The minimum Gasteiger partial charge on any atom is -0.481 e. The third-order valence-electron chi connectivity index (χ3n) is 3.34. The van der Waals surface area contributed by atoms with Gasteiger partial charge >= 0.3 is 5.97 Å². The fourth-order valence-electron chi connectivity index (χ4n) is 1.93. The number of aromatic nitrogens is 2. The second-order valence-electron chi connectivity index (χ2n) is 5.05. The highest BCUT2D eigenvalue weighted by atomic mass is 16.4. The van der Waals surface area contributed by atoms with Gasteiger partial charge in [0.1, 0.15) is 0 Å². The molecule has 0 bridgehead atoms. The number of nitrogens with zero attached hydrogens (tertiary/aromatic N) is 2. The van der Waals surface area contributed by atoms with Gasteiger partial charge < -0.3 is 10.4 Å².